The Hall–Kier alpha value is -0.380. The van der Waals surface area contributed by atoms with Gasteiger partial charge >= 0.3 is 0 Å². The van der Waals surface area contributed by atoms with Crippen molar-refractivity contribution >= 4 is 0 Å². The van der Waals surface area contributed by atoms with Crippen LogP contribution < -0.4 is 0 Å². The summed E-state index contributed by atoms with van der Waals surface area (Å²) in [5.41, 5.74) is 0.286. The van der Waals surface area contributed by atoms with Crippen LogP contribution in [0.5, 0.6) is 0 Å². The molecule has 5 aliphatic rings. The SMILES string of the molecule is C=CC[C@@]1(O)CC[C@@]2(C)[C@@H](CC[C@@H]3[C@@H]2CC[C@]2(C)[C@@H](C4(C)OCCO4)CC[C@@H]32)C1. The maximum atomic E-state index is 11.1. The zero-order valence-electron chi connectivity index (χ0n) is 18.9. The third-order valence-corrected chi connectivity index (χ3v) is 10.8. The van der Waals surface area contributed by atoms with Gasteiger partial charge < -0.3 is 14.6 Å². The smallest absolute Gasteiger partial charge is 0.169 e. The van der Waals surface area contributed by atoms with E-state index in [1.54, 1.807) is 0 Å². The van der Waals surface area contributed by atoms with Gasteiger partial charge in [0.2, 0.25) is 0 Å². The van der Waals surface area contributed by atoms with Gasteiger partial charge in [0.25, 0.3) is 0 Å². The Morgan fingerprint density at radius 1 is 0.897 bits per heavy atom. The lowest BCUT2D eigenvalue weighted by Gasteiger charge is -2.62. The van der Waals surface area contributed by atoms with E-state index in [0.29, 0.717) is 22.7 Å². The summed E-state index contributed by atoms with van der Waals surface area (Å²) in [5.74, 6) is 3.38. The predicted octanol–water partition coefficient (Wildman–Crippen LogP) is 5.72. The highest BCUT2D eigenvalue weighted by Gasteiger charge is 2.64. The van der Waals surface area contributed by atoms with Crippen molar-refractivity contribution in [3.05, 3.63) is 12.7 Å². The second-order valence-electron chi connectivity index (χ2n) is 12.0. The molecule has 0 bridgehead atoms. The van der Waals surface area contributed by atoms with Gasteiger partial charge in [0.05, 0.1) is 18.8 Å². The average molecular weight is 403 g/mol. The van der Waals surface area contributed by atoms with Gasteiger partial charge in [0.1, 0.15) is 0 Å². The molecule has 1 N–H and O–H groups in total. The van der Waals surface area contributed by atoms with E-state index in [2.05, 4.69) is 27.4 Å². The second kappa shape index (κ2) is 6.81. The topological polar surface area (TPSA) is 38.7 Å². The van der Waals surface area contributed by atoms with E-state index < -0.39 is 5.60 Å². The molecule has 4 saturated carbocycles. The van der Waals surface area contributed by atoms with E-state index in [1.807, 2.05) is 6.08 Å². The maximum absolute atomic E-state index is 11.1. The van der Waals surface area contributed by atoms with E-state index in [1.165, 1.54) is 44.9 Å². The first-order chi connectivity index (χ1) is 13.7. The standard InChI is InChI=1S/C26H42O3/c1-5-11-26(27)14-13-23(2)18(17-26)6-7-19-20-8-9-22(25(4)28-15-16-29-25)24(20,3)12-10-21(19)23/h5,18-22,27H,1,6-17H2,2-4H3/t18-,19-,20-,21-,22-,23-,24-,26+/m0/s1. The van der Waals surface area contributed by atoms with Gasteiger partial charge in [-0.25, -0.2) is 0 Å². The molecule has 0 unspecified atom stereocenters. The van der Waals surface area contributed by atoms with Gasteiger partial charge in [0, 0.05) is 5.92 Å². The second-order valence-corrected chi connectivity index (χ2v) is 12.0. The van der Waals surface area contributed by atoms with E-state index >= 15 is 0 Å². The fourth-order valence-electron chi connectivity index (χ4n) is 9.37. The van der Waals surface area contributed by atoms with Crippen molar-refractivity contribution in [3.63, 3.8) is 0 Å². The minimum absolute atomic E-state index is 0.358. The lowest BCUT2D eigenvalue weighted by molar-refractivity contribution is -0.220. The lowest BCUT2D eigenvalue weighted by Crippen LogP contribution is -2.57. The molecular weight excluding hydrogens is 360 g/mol. The van der Waals surface area contributed by atoms with Crippen molar-refractivity contribution < 1.29 is 14.6 Å². The van der Waals surface area contributed by atoms with Crippen molar-refractivity contribution in [3.8, 4) is 0 Å². The molecule has 164 valence electrons. The van der Waals surface area contributed by atoms with Crippen LogP contribution in [0.3, 0.4) is 0 Å². The van der Waals surface area contributed by atoms with Crippen molar-refractivity contribution in [1.82, 2.24) is 0 Å². The van der Waals surface area contributed by atoms with Gasteiger partial charge in [-0.2, -0.15) is 0 Å². The molecular formula is C26H42O3. The summed E-state index contributed by atoms with van der Waals surface area (Å²) in [4.78, 5) is 0. The Morgan fingerprint density at radius 2 is 1.62 bits per heavy atom. The van der Waals surface area contributed by atoms with Gasteiger partial charge in [0.15, 0.2) is 5.79 Å². The number of hydrogen-bond acceptors (Lipinski definition) is 3. The van der Waals surface area contributed by atoms with Crippen LogP contribution in [-0.4, -0.2) is 29.7 Å². The normalized spacial score (nSPS) is 53.7. The Labute approximate surface area is 177 Å². The monoisotopic (exact) mass is 402 g/mol. The van der Waals surface area contributed by atoms with E-state index in [-0.39, 0.29) is 5.79 Å². The number of fused-ring (bicyclic) bond motifs is 5. The fraction of sp³-hybridized carbons (Fsp3) is 0.923. The molecule has 0 amide bonds. The quantitative estimate of drug-likeness (QED) is 0.614. The summed E-state index contributed by atoms with van der Waals surface area (Å²) in [6.07, 6.45) is 13.8. The minimum atomic E-state index is -0.494. The van der Waals surface area contributed by atoms with Crippen molar-refractivity contribution in [2.24, 2.45) is 40.4 Å². The van der Waals surface area contributed by atoms with Crippen molar-refractivity contribution in [2.45, 2.75) is 96.4 Å². The highest BCUT2D eigenvalue weighted by Crippen LogP contribution is 2.69. The molecule has 8 atom stereocenters. The van der Waals surface area contributed by atoms with Crippen LogP contribution in [0.2, 0.25) is 0 Å². The molecule has 4 aliphatic carbocycles. The highest BCUT2D eigenvalue weighted by molar-refractivity contribution is 5.12. The number of aliphatic hydroxyl groups is 1. The van der Waals surface area contributed by atoms with Gasteiger partial charge in [-0.05, 0) is 106 Å². The molecule has 0 aromatic heterocycles. The molecule has 5 rings (SSSR count). The number of ether oxygens (including phenoxy) is 2. The maximum Gasteiger partial charge on any atom is 0.169 e. The third-order valence-electron chi connectivity index (χ3n) is 10.8. The summed E-state index contributed by atoms with van der Waals surface area (Å²) in [5, 5.41) is 11.1. The lowest BCUT2D eigenvalue weighted by atomic mass is 9.43. The number of hydrogen-bond donors (Lipinski definition) is 1. The molecule has 1 heterocycles. The zero-order chi connectivity index (χ0) is 20.5. The fourth-order valence-corrected chi connectivity index (χ4v) is 9.37. The molecule has 3 nitrogen and oxygen atoms in total. The molecule has 0 aromatic carbocycles. The van der Waals surface area contributed by atoms with Crippen LogP contribution in [0.25, 0.3) is 0 Å². The predicted molar refractivity (Wildman–Crippen MR) is 115 cm³/mol. The first-order valence-electron chi connectivity index (χ1n) is 12.4. The molecule has 0 aromatic rings. The first-order valence-corrected chi connectivity index (χ1v) is 12.4. The van der Waals surface area contributed by atoms with E-state index in [9.17, 15) is 5.11 Å². The van der Waals surface area contributed by atoms with Crippen LogP contribution in [0.15, 0.2) is 12.7 Å². The highest BCUT2D eigenvalue weighted by atomic mass is 16.7. The van der Waals surface area contributed by atoms with Crippen LogP contribution in [0, 0.1) is 40.4 Å². The molecule has 0 spiro atoms. The Morgan fingerprint density at radius 3 is 2.34 bits per heavy atom. The summed E-state index contributed by atoms with van der Waals surface area (Å²) >= 11 is 0. The molecule has 29 heavy (non-hydrogen) atoms. The summed E-state index contributed by atoms with van der Waals surface area (Å²) in [7, 11) is 0. The molecule has 0 radical (unpaired) electrons. The molecule has 1 aliphatic heterocycles. The van der Waals surface area contributed by atoms with Gasteiger partial charge in [-0.3, -0.25) is 0 Å². The Kier molecular flexibility index (Phi) is 4.82. The molecule has 1 saturated heterocycles. The van der Waals surface area contributed by atoms with Crippen molar-refractivity contribution in [2.75, 3.05) is 13.2 Å². The van der Waals surface area contributed by atoms with E-state index in [0.717, 1.165) is 50.2 Å². The largest absolute Gasteiger partial charge is 0.390 e. The van der Waals surface area contributed by atoms with Crippen LogP contribution in [-0.2, 0) is 9.47 Å². The summed E-state index contributed by atoms with van der Waals surface area (Å²) < 4.78 is 12.3. The third kappa shape index (κ3) is 2.93. The zero-order valence-corrected chi connectivity index (χ0v) is 18.9. The van der Waals surface area contributed by atoms with Crippen molar-refractivity contribution in [1.29, 1.82) is 0 Å². The average Bonchev–Trinajstić information content (AvgIpc) is 3.26. The van der Waals surface area contributed by atoms with Gasteiger partial charge in [-0.15, -0.1) is 6.58 Å². The molecule has 3 heteroatoms. The van der Waals surface area contributed by atoms with Crippen LogP contribution >= 0.6 is 0 Å². The van der Waals surface area contributed by atoms with Gasteiger partial charge in [-0.1, -0.05) is 19.9 Å². The number of rotatable bonds is 3. The minimum Gasteiger partial charge on any atom is -0.390 e. The Bertz CT molecular complexity index is 654. The summed E-state index contributed by atoms with van der Waals surface area (Å²) in [6.45, 7) is 12.8. The Balaban J connectivity index is 1.38. The van der Waals surface area contributed by atoms with Crippen LogP contribution in [0.1, 0.15) is 85.0 Å². The van der Waals surface area contributed by atoms with Crippen LogP contribution in [0.4, 0.5) is 0 Å². The molecule has 5 fully saturated rings. The summed E-state index contributed by atoms with van der Waals surface area (Å²) in [6, 6.07) is 0. The van der Waals surface area contributed by atoms with E-state index in [4.69, 9.17) is 9.47 Å². The first kappa shape index (κ1) is 20.5.